The number of amides is 1. The second kappa shape index (κ2) is 6.00. The van der Waals surface area contributed by atoms with Crippen LogP contribution in [-0.2, 0) is 11.3 Å². The molecule has 0 aliphatic rings. The largest absolute Gasteiger partial charge is 0.444 e. The van der Waals surface area contributed by atoms with Gasteiger partial charge in [0.1, 0.15) is 6.61 Å². The number of hydrogen-bond donors (Lipinski definition) is 1. The van der Waals surface area contributed by atoms with Crippen molar-refractivity contribution in [1.82, 2.24) is 4.98 Å². The maximum Gasteiger partial charge on any atom is 0.412 e. The highest BCUT2D eigenvalue weighted by Gasteiger charge is 2.06. The molecule has 19 heavy (non-hydrogen) atoms. The first-order chi connectivity index (χ1) is 9.15. The van der Waals surface area contributed by atoms with E-state index in [-0.39, 0.29) is 6.61 Å². The van der Waals surface area contributed by atoms with Crippen LogP contribution in [-0.4, -0.2) is 11.1 Å². The maximum absolute atomic E-state index is 11.7. The summed E-state index contributed by atoms with van der Waals surface area (Å²) in [7, 11) is 0. The quantitative estimate of drug-likeness (QED) is 0.915. The molecule has 0 spiro atoms. The Kier molecular flexibility index (Phi) is 4.13. The van der Waals surface area contributed by atoms with Gasteiger partial charge in [-0.05, 0) is 31.5 Å². The number of carbonyl (C=O) groups is 1. The van der Waals surface area contributed by atoms with E-state index in [0.29, 0.717) is 5.69 Å². The number of nitrogens with one attached hydrogen (secondary N) is 1. The van der Waals surface area contributed by atoms with Crippen LogP contribution in [0.15, 0.2) is 42.5 Å². The van der Waals surface area contributed by atoms with Crippen LogP contribution in [0, 0.1) is 13.8 Å². The highest BCUT2D eigenvalue weighted by Crippen LogP contribution is 2.13. The third-order valence-corrected chi connectivity index (χ3v) is 2.67. The lowest BCUT2D eigenvalue weighted by atomic mass is 10.2. The number of hydrogen-bond acceptors (Lipinski definition) is 3. The molecule has 0 saturated carbocycles. The summed E-state index contributed by atoms with van der Waals surface area (Å²) in [6, 6.07) is 13.2. The maximum atomic E-state index is 11.7. The van der Waals surface area contributed by atoms with Crippen LogP contribution in [0.2, 0.25) is 0 Å². The molecule has 0 atom stereocenters. The van der Waals surface area contributed by atoms with E-state index in [0.717, 1.165) is 17.0 Å². The zero-order valence-corrected chi connectivity index (χ0v) is 11.0. The number of ether oxygens (including phenoxy) is 1. The first-order valence-corrected chi connectivity index (χ1v) is 6.07. The van der Waals surface area contributed by atoms with E-state index >= 15 is 0 Å². The molecule has 1 heterocycles. The van der Waals surface area contributed by atoms with Gasteiger partial charge in [-0.2, -0.15) is 0 Å². The molecular weight excluding hydrogens is 240 g/mol. The highest BCUT2D eigenvalue weighted by atomic mass is 16.5. The standard InChI is InChI=1S/C15H16N2O2/c1-11-8-9-14(12(2)16-11)17-15(18)19-10-13-6-4-3-5-7-13/h3-9H,10H2,1-2H3,(H,17,18). The van der Waals surface area contributed by atoms with Gasteiger partial charge in [0.25, 0.3) is 0 Å². The van der Waals surface area contributed by atoms with Gasteiger partial charge in [0.2, 0.25) is 0 Å². The molecule has 1 aromatic carbocycles. The SMILES string of the molecule is Cc1ccc(NC(=O)OCc2ccccc2)c(C)n1. The third-order valence-electron chi connectivity index (χ3n) is 2.67. The van der Waals surface area contributed by atoms with E-state index in [1.807, 2.05) is 56.3 Å². The lowest BCUT2D eigenvalue weighted by Gasteiger charge is -2.09. The molecule has 2 aromatic rings. The fourth-order valence-electron chi connectivity index (χ4n) is 1.69. The summed E-state index contributed by atoms with van der Waals surface area (Å²) in [4.78, 5) is 15.9. The van der Waals surface area contributed by atoms with E-state index in [4.69, 9.17) is 4.74 Å². The monoisotopic (exact) mass is 256 g/mol. The summed E-state index contributed by atoms with van der Waals surface area (Å²) in [5, 5.41) is 2.68. The molecule has 1 N–H and O–H groups in total. The summed E-state index contributed by atoms with van der Waals surface area (Å²) in [6.45, 7) is 4.01. The number of anilines is 1. The Balaban J connectivity index is 1.91. The van der Waals surface area contributed by atoms with Gasteiger partial charge in [0.15, 0.2) is 0 Å². The van der Waals surface area contributed by atoms with Crippen molar-refractivity contribution in [3.8, 4) is 0 Å². The van der Waals surface area contributed by atoms with Gasteiger partial charge in [-0.25, -0.2) is 4.79 Å². The molecule has 0 saturated heterocycles. The van der Waals surface area contributed by atoms with Gasteiger partial charge in [-0.1, -0.05) is 30.3 Å². The van der Waals surface area contributed by atoms with Crippen molar-refractivity contribution >= 4 is 11.8 Å². The number of carbonyl (C=O) groups excluding carboxylic acids is 1. The smallest absolute Gasteiger partial charge is 0.412 e. The lowest BCUT2D eigenvalue weighted by molar-refractivity contribution is 0.155. The van der Waals surface area contributed by atoms with Crippen LogP contribution < -0.4 is 5.32 Å². The van der Waals surface area contributed by atoms with E-state index in [2.05, 4.69) is 10.3 Å². The normalized spacial score (nSPS) is 10.0. The van der Waals surface area contributed by atoms with Crippen LogP contribution in [0.5, 0.6) is 0 Å². The van der Waals surface area contributed by atoms with Gasteiger partial charge in [0.05, 0.1) is 11.4 Å². The summed E-state index contributed by atoms with van der Waals surface area (Å²) in [6.07, 6.45) is -0.474. The van der Waals surface area contributed by atoms with Crippen molar-refractivity contribution in [1.29, 1.82) is 0 Å². The minimum Gasteiger partial charge on any atom is -0.444 e. The van der Waals surface area contributed by atoms with Gasteiger partial charge in [-0.15, -0.1) is 0 Å². The minimum absolute atomic E-state index is 0.255. The second-order valence-corrected chi connectivity index (χ2v) is 4.27. The predicted molar refractivity (Wildman–Crippen MR) is 74.0 cm³/mol. The fraction of sp³-hybridized carbons (Fsp3) is 0.200. The van der Waals surface area contributed by atoms with E-state index in [9.17, 15) is 4.79 Å². The van der Waals surface area contributed by atoms with E-state index < -0.39 is 6.09 Å². The first-order valence-electron chi connectivity index (χ1n) is 6.07. The predicted octanol–water partition coefficient (Wildman–Crippen LogP) is 3.45. The summed E-state index contributed by atoms with van der Waals surface area (Å²) in [5.41, 5.74) is 3.32. The molecule has 0 aliphatic heterocycles. The van der Waals surface area contributed by atoms with Crippen LogP contribution in [0.3, 0.4) is 0 Å². The number of nitrogens with zero attached hydrogens (tertiary/aromatic N) is 1. The Hall–Kier alpha value is -2.36. The van der Waals surface area contributed by atoms with Crippen LogP contribution >= 0.6 is 0 Å². The van der Waals surface area contributed by atoms with Crippen molar-refractivity contribution < 1.29 is 9.53 Å². The zero-order chi connectivity index (χ0) is 13.7. The number of aromatic nitrogens is 1. The van der Waals surface area contributed by atoms with Crippen molar-refractivity contribution in [3.05, 3.63) is 59.4 Å². The zero-order valence-electron chi connectivity index (χ0n) is 11.0. The van der Waals surface area contributed by atoms with Crippen LogP contribution in [0.4, 0.5) is 10.5 Å². The third kappa shape index (κ3) is 3.81. The Bertz CT molecular complexity index is 568. The molecular formula is C15H16N2O2. The molecule has 0 fully saturated rings. The highest BCUT2D eigenvalue weighted by molar-refractivity contribution is 5.85. The first kappa shape index (κ1) is 13.1. The van der Waals surface area contributed by atoms with E-state index in [1.165, 1.54) is 0 Å². The molecule has 1 amide bonds. The van der Waals surface area contributed by atoms with Crippen molar-refractivity contribution in [2.75, 3.05) is 5.32 Å². The molecule has 4 heteroatoms. The van der Waals surface area contributed by atoms with Crippen molar-refractivity contribution in [3.63, 3.8) is 0 Å². The van der Waals surface area contributed by atoms with Gasteiger partial charge >= 0.3 is 6.09 Å². The Morgan fingerprint density at radius 3 is 2.58 bits per heavy atom. The topological polar surface area (TPSA) is 51.2 Å². The van der Waals surface area contributed by atoms with Crippen LogP contribution in [0.25, 0.3) is 0 Å². The Morgan fingerprint density at radius 1 is 1.16 bits per heavy atom. The lowest BCUT2D eigenvalue weighted by Crippen LogP contribution is -2.14. The Morgan fingerprint density at radius 2 is 1.89 bits per heavy atom. The van der Waals surface area contributed by atoms with Crippen LogP contribution in [0.1, 0.15) is 17.0 Å². The summed E-state index contributed by atoms with van der Waals surface area (Å²) in [5.74, 6) is 0. The molecule has 2 rings (SSSR count). The summed E-state index contributed by atoms with van der Waals surface area (Å²) < 4.78 is 5.14. The Labute approximate surface area is 112 Å². The minimum atomic E-state index is -0.474. The number of aryl methyl sites for hydroxylation is 2. The average molecular weight is 256 g/mol. The number of pyridine rings is 1. The van der Waals surface area contributed by atoms with Gasteiger partial charge < -0.3 is 4.74 Å². The van der Waals surface area contributed by atoms with Gasteiger partial charge in [0, 0.05) is 5.69 Å². The molecule has 0 bridgehead atoms. The van der Waals surface area contributed by atoms with Crippen molar-refractivity contribution in [2.45, 2.75) is 20.5 Å². The number of rotatable bonds is 3. The van der Waals surface area contributed by atoms with Crippen molar-refractivity contribution in [2.24, 2.45) is 0 Å². The molecule has 98 valence electrons. The molecule has 0 aliphatic carbocycles. The molecule has 4 nitrogen and oxygen atoms in total. The molecule has 0 radical (unpaired) electrons. The van der Waals surface area contributed by atoms with Gasteiger partial charge in [-0.3, -0.25) is 10.3 Å². The van der Waals surface area contributed by atoms with E-state index in [1.54, 1.807) is 0 Å². The molecule has 0 unspecified atom stereocenters. The second-order valence-electron chi connectivity index (χ2n) is 4.27. The average Bonchev–Trinajstić information content (AvgIpc) is 2.41. The molecule has 1 aromatic heterocycles. The number of benzene rings is 1. The summed E-state index contributed by atoms with van der Waals surface area (Å²) >= 11 is 0. The fourth-order valence-corrected chi connectivity index (χ4v) is 1.69.